The van der Waals surface area contributed by atoms with Gasteiger partial charge in [-0.25, -0.2) is 8.42 Å². The molecule has 0 spiro atoms. The molecule has 2 N–H and O–H groups in total. The molecule has 2 aromatic carbocycles. The summed E-state index contributed by atoms with van der Waals surface area (Å²) in [6, 6.07) is 11.0. The average Bonchev–Trinajstić information content (AvgIpc) is 2.97. The lowest BCUT2D eigenvalue weighted by Gasteiger charge is -2.18. The number of nitrogens with zero attached hydrogens (tertiary/aromatic N) is 1. The first-order valence-corrected chi connectivity index (χ1v) is 9.89. The van der Waals surface area contributed by atoms with Crippen molar-refractivity contribution >= 4 is 27.3 Å². The predicted molar refractivity (Wildman–Crippen MR) is 99.4 cm³/mol. The van der Waals surface area contributed by atoms with Gasteiger partial charge < -0.3 is 15.2 Å². The number of anilines is 2. The van der Waals surface area contributed by atoms with Gasteiger partial charge in [-0.3, -0.25) is 9.10 Å². The number of carbonyl (C=O) groups is 1. The maximum Gasteiger partial charge on any atom is 0.255 e. The SMILES string of the molecule is CCOc1ccc(C(=O)Nc2cc(N3CCCS3(=O)=O)ccc2O)cc1. The molecule has 26 heavy (non-hydrogen) atoms. The van der Waals surface area contributed by atoms with Crippen molar-refractivity contribution in [2.45, 2.75) is 13.3 Å². The van der Waals surface area contributed by atoms with Crippen LogP contribution in [0.5, 0.6) is 11.5 Å². The number of ether oxygens (including phenoxy) is 1. The van der Waals surface area contributed by atoms with Crippen LogP contribution in [0, 0.1) is 0 Å². The molecule has 0 aliphatic carbocycles. The molecule has 1 heterocycles. The molecule has 1 aliphatic heterocycles. The lowest BCUT2D eigenvalue weighted by molar-refractivity contribution is 0.102. The molecule has 0 radical (unpaired) electrons. The van der Waals surface area contributed by atoms with Crippen LogP contribution in [0.1, 0.15) is 23.7 Å². The number of aromatic hydroxyl groups is 1. The fraction of sp³-hybridized carbons (Fsp3) is 0.278. The summed E-state index contributed by atoms with van der Waals surface area (Å²) in [7, 11) is -3.34. The van der Waals surface area contributed by atoms with Gasteiger partial charge in [-0.1, -0.05) is 0 Å². The Morgan fingerprint density at radius 3 is 2.58 bits per heavy atom. The molecule has 8 heteroatoms. The Bertz CT molecular complexity index is 910. The third-order valence-electron chi connectivity index (χ3n) is 4.04. The highest BCUT2D eigenvalue weighted by molar-refractivity contribution is 7.93. The number of sulfonamides is 1. The predicted octanol–water partition coefficient (Wildman–Crippen LogP) is 2.58. The fourth-order valence-electron chi connectivity index (χ4n) is 2.77. The summed E-state index contributed by atoms with van der Waals surface area (Å²) < 4.78 is 30.7. The zero-order valence-corrected chi connectivity index (χ0v) is 15.1. The number of hydrogen-bond acceptors (Lipinski definition) is 5. The van der Waals surface area contributed by atoms with E-state index >= 15 is 0 Å². The number of phenolic OH excluding ortho intramolecular Hbond substituents is 1. The van der Waals surface area contributed by atoms with E-state index in [1.165, 1.54) is 22.5 Å². The monoisotopic (exact) mass is 376 g/mol. The molecule has 3 rings (SSSR count). The molecule has 0 aromatic heterocycles. The number of amides is 1. The van der Waals surface area contributed by atoms with Crippen LogP contribution in [0.15, 0.2) is 42.5 Å². The van der Waals surface area contributed by atoms with Gasteiger partial charge >= 0.3 is 0 Å². The molecule has 1 amide bonds. The number of nitrogens with one attached hydrogen (secondary N) is 1. The Labute approximate surface area is 152 Å². The Morgan fingerprint density at radius 2 is 1.96 bits per heavy atom. The molecule has 0 unspecified atom stereocenters. The van der Waals surface area contributed by atoms with E-state index in [4.69, 9.17) is 4.74 Å². The van der Waals surface area contributed by atoms with Crippen molar-refractivity contribution in [1.29, 1.82) is 0 Å². The zero-order valence-electron chi connectivity index (χ0n) is 14.3. The second-order valence-electron chi connectivity index (χ2n) is 5.85. The Kier molecular flexibility index (Phi) is 5.03. The number of carbonyl (C=O) groups excluding carboxylic acids is 1. The van der Waals surface area contributed by atoms with Crippen LogP contribution in [0.3, 0.4) is 0 Å². The summed E-state index contributed by atoms with van der Waals surface area (Å²) in [6.45, 7) is 2.79. The van der Waals surface area contributed by atoms with Gasteiger partial charge in [-0.15, -0.1) is 0 Å². The summed E-state index contributed by atoms with van der Waals surface area (Å²) in [6.07, 6.45) is 0.553. The van der Waals surface area contributed by atoms with Gasteiger partial charge in [-0.05, 0) is 55.8 Å². The van der Waals surface area contributed by atoms with Crippen molar-refractivity contribution in [2.24, 2.45) is 0 Å². The Morgan fingerprint density at radius 1 is 1.23 bits per heavy atom. The van der Waals surface area contributed by atoms with Gasteiger partial charge in [-0.2, -0.15) is 0 Å². The van der Waals surface area contributed by atoms with Crippen LogP contribution in [0.25, 0.3) is 0 Å². The van der Waals surface area contributed by atoms with Crippen LogP contribution in [0.4, 0.5) is 11.4 Å². The minimum atomic E-state index is -3.34. The van der Waals surface area contributed by atoms with Crippen LogP contribution in [-0.4, -0.2) is 38.3 Å². The number of hydrogen-bond donors (Lipinski definition) is 2. The molecule has 1 fully saturated rings. The molecule has 0 saturated carbocycles. The lowest BCUT2D eigenvalue weighted by Crippen LogP contribution is -2.25. The fourth-order valence-corrected chi connectivity index (χ4v) is 4.33. The minimum absolute atomic E-state index is 0.0990. The van der Waals surface area contributed by atoms with Gasteiger partial charge in [0.25, 0.3) is 5.91 Å². The molecular weight excluding hydrogens is 356 g/mol. The molecule has 138 valence electrons. The van der Waals surface area contributed by atoms with E-state index in [2.05, 4.69) is 5.32 Å². The van der Waals surface area contributed by atoms with Crippen molar-refractivity contribution in [3.8, 4) is 11.5 Å². The van der Waals surface area contributed by atoms with E-state index in [1.807, 2.05) is 6.92 Å². The summed E-state index contributed by atoms with van der Waals surface area (Å²) in [4.78, 5) is 12.4. The quantitative estimate of drug-likeness (QED) is 0.782. The third-order valence-corrected chi connectivity index (χ3v) is 5.91. The largest absolute Gasteiger partial charge is 0.506 e. The van der Waals surface area contributed by atoms with Gasteiger partial charge in [0.05, 0.1) is 23.7 Å². The maximum atomic E-state index is 12.4. The smallest absolute Gasteiger partial charge is 0.255 e. The van der Waals surface area contributed by atoms with Gasteiger partial charge in [0, 0.05) is 12.1 Å². The van der Waals surface area contributed by atoms with E-state index in [0.29, 0.717) is 36.6 Å². The first-order chi connectivity index (χ1) is 12.4. The van der Waals surface area contributed by atoms with Gasteiger partial charge in [0.1, 0.15) is 11.5 Å². The molecule has 1 saturated heterocycles. The molecule has 2 aromatic rings. The molecule has 1 aliphatic rings. The van der Waals surface area contributed by atoms with Crippen molar-refractivity contribution in [2.75, 3.05) is 28.5 Å². The summed E-state index contributed by atoms with van der Waals surface area (Å²) in [5.74, 6) is 0.212. The molecular formula is C18H20N2O5S. The molecule has 0 bridgehead atoms. The first-order valence-electron chi connectivity index (χ1n) is 8.28. The topological polar surface area (TPSA) is 95.9 Å². The summed E-state index contributed by atoms with van der Waals surface area (Å²) >= 11 is 0. The Hall–Kier alpha value is -2.74. The van der Waals surface area contributed by atoms with Gasteiger partial charge in [0.15, 0.2) is 0 Å². The second kappa shape index (κ2) is 7.25. The number of benzene rings is 2. The highest BCUT2D eigenvalue weighted by Crippen LogP contribution is 2.32. The van der Waals surface area contributed by atoms with Crippen molar-refractivity contribution in [3.05, 3.63) is 48.0 Å². The Balaban J connectivity index is 1.80. The molecule has 7 nitrogen and oxygen atoms in total. The average molecular weight is 376 g/mol. The zero-order chi connectivity index (χ0) is 18.7. The van der Waals surface area contributed by atoms with E-state index in [1.54, 1.807) is 24.3 Å². The normalized spacial score (nSPS) is 15.7. The summed E-state index contributed by atoms with van der Waals surface area (Å²) in [5, 5.41) is 12.6. The lowest BCUT2D eigenvalue weighted by atomic mass is 10.2. The van der Waals surface area contributed by atoms with Gasteiger partial charge in [0.2, 0.25) is 10.0 Å². The van der Waals surface area contributed by atoms with E-state index in [-0.39, 0.29) is 17.2 Å². The van der Waals surface area contributed by atoms with Crippen molar-refractivity contribution in [1.82, 2.24) is 0 Å². The number of phenols is 1. The molecule has 0 atom stereocenters. The van der Waals surface area contributed by atoms with Crippen LogP contribution in [0.2, 0.25) is 0 Å². The highest BCUT2D eigenvalue weighted by atomic mass is 32.2. The van der Waals surface area contributed by atoms with E-state index in [0.717, 1.165) is 0 Å². The summed E-state index contributed by atoms with van der Waals surface area (Å²) in [5.41, 5.74) is 0.970. The minimum Gasteiger partial charge on any atom is -0.506 e. The standard InChI is InChI=1S/C18H20N2O5S/c1-2-25-15-7-4-13(5-8-15)18(22)19-16-12-14(6-9-17(16)21)20-10-3-11-26(20,23)24/h4-9,12,21H,2-3,10-11H2,1H3,(H,19,22). The first kappa shape index (κ1) is 18.1. The van der Waals surface area contributed by atoms with Crippen molar-refractivity contribution < 1.29 is 23.1 Å². The highest BCUT2D eigenvalue weighted by Gasteiger charge is 2.28. The second-order valence-corrected chi connectivity index (χ2v) is 7.87. The third kappa shape index (κ3) is 3.75. The van der Waals surface area contributed by atoms with Crippen LogP contribution < -0.4 is 14.4 Å². The van der Waals surface area contributed by atoms with E-state index in [9.17, 15) is 18.3 Å². The van der Waals surface area contributed by atoms with Crippen LogP contribution in [-0.2, 0) is 10.0 Å². The van der Waals surface area contributed by atoms with Crippen LogP contribution >= 0.6 is 0 Å². The van der Waals surface area contributed by atoms with E-state index < -0.39 is 15.9 Å². The number of rotatable bonds is 5. The van der Waals surface area contributed by atoms with Crippen molar-refractivity contribution in [3.63, 3.8) is 0 Å². The maximum absolute atomic E-state index is 12.4.